The number of ether oxygens (including phenoxy) is 2. The molecule has 8 rings (SSSR count). The first-order valence-electron chi connectivity index (χ1n) is 20.8. The lowest BCUT2D eigenvalue weighted by atomic mass is 10.00. The monoisotopic (exact) mass is 866 g/mol. The topological polar surface area (TPSA) is 205 Å². The van der Waals surface area contributed by atoms with Crippen molar-refractivity contribution >= 4 is 56.7 Å². The number of aromatic nitrogens is 4. The van der Waals surface area contributed by atoms with Crippen molar-refractivity contribution in [3.05, 3.63) is 82.8 Å². The lowest BCUT2D eigenvalue weighted by molar-refractivity contribution is -0.136. The van der Waals surface area contributed by atoms with Crippen LogP contribution in [0.3, 0.4) is 0 Å². The number of aromatic amines is 2. The molecule has 3 aromatic heterocycles. The van der Waals surface area contributed by atoms with E-state index in [0.717, 1.165) is 10.9 Å². The summed E-state index contributed by atoms with van der Waals surface area (Å²) in [4.78, 5) is 84.0. The van der Waals surface area contributed by atoms with Crippen molar-refractivity contribution in [3.8, 4) is 22.5 Å². The summed E-state index contributed by atoms with van der Waals surface area (Å²) in [5.74, 6) is -0.695. The number of likely N-dealkylation sites (tertiary alicyclic amines) is 2. The first-order chi connectivity index (χ1) is 30.1. The molecule has 2 aliphatic rings. The largest absolute Gasteiger partial charge is 0.456 e. The summed E-state index contributed by atoms with van der Waals surface area (Å²) in [6.45, 7) is 6.81. The van der Waals surface area contributed by atoms with Gasteiger partial charge in [-0.15, -0.1) is 0 Å². The number of hydrogen-bond donors (Lipinski definition) is 4. The van der Waals surface area contributed by atoms with Gasteiger partial charge in [-0.25, -0.2) is 28.3 Å². The molecule has 0 aliphatic carbocycles. The van der Waals surface area contributed by atoms with E-state index in [2.05, 4.69) is 30.6 Å². The van der Waals surface area contributed by atoms with Gasteiger partial charge in [0.2, 0.25) is 17.2 Å². The minimum Gasteiger partial charge on any atom is -0.456 e. The fourth-order valence-corrected chi connectivity index (χ4v) is 8.65. The van der Waals surface area contributed by atoms with Gasteiger partial charge in [0.15, 0.2) is 0 Å². The Morgan fingerprint density at radius 3 is 1.71 bits per heavy atom. The Kier molecular flexibility index (Phi) is 11.6. The number of nitrogens with zero attached hydrogens (tertiary/aromatic N) is 4. The summed E-state index contributed by atoms with van der Waals surface area (Å²) in [7, 11) is 2.41. The van der Waals surface area contributed by atoms with Gasteiger partial charge < -0.3 is 44.3 Å². The average Bonchev–Trinajstić information content (AvgIpc) is 4.10. The van der Waals surface area contributed by atoms with Crippen LogP contribution in [0.2, 0.25) is 0 Å². The van der Waals surface area contributed by atoms with Gasteiger partial charge in [-0.3, -0.25) is 14.4 Å². The fraction of sp³-hybridized carbons (Fsp3) is 0.400. The number of hydrogen-bond acceptors (Lipinski definition) is 10. The maximum atomic E-state index is 14.9. The van der Waals surface area contributed by atoms with Gasteiger partial charge in [-0.1, -0.05) is 45.9 Å². The van der Waals surface area contributed by atoms with E-state index in [4.69, 9.17) is 13.9 Å². The highest BCUT2D eigenvalue weighted by molar-refractivity contribution is 6.09. The van der Waals surface area contributed by atoms with Crippen molar-refractivity contribution in [2.45, 2.75) is 77.0 Å². The highest BCUT2D eigenvalue weighted by Gasteiger charge is 2.43. The Bertz CT molecular complexity index is 2800. The molecule has 6 aromatic rings. The lowest BCUT2D eigenvalue weighted by Gasteiger charge is -2.29. The van der Waals surface area contributed by atoms with E-state index >= 15 is 0 Å². The third kappa shape index (κ3) is 8.16. The molecule has 330 valence electrons. The Morgan fingerprint density at radius 1 is 0.714 bits per heavy atom. The van der Waals surface area contributed by atoms with Gasteiger partial charge in [0.25, 0.3) is 0 Å². The molecule has 63 heavy (non-hydrogen) atoms. The van der Waals surface area contributed by atoms with E-state index in [0.29, 0.717) is 55.9 Å². The van der Waals surface area contributed by atoms with Crippen molar-refractivity contribution in [2.24, 2.45) is 11.8 Å². The first kappa shape index (κ1) is 42.8. The van der Waals surface area contributed by atoms with Crippen molar-refractivity contribution in [1.82, 2.24) is 40.4 Å². The van der Waals surface area contributed by atoms with Crippen molar-refractivity contribution in [2.75, 3.05) is 27.3 Å². The molecule has 0 bridgehead atoms. The molecule has 6 atom stereocenters. The van der Waals surface area contributed by atoms with Gasteiger partial charge in [0.05, 0.1) is 73.9 Å². The van der Waals surface area contributed by atoms with Crippen molar-refractivity contribution in [1.29, 1.82) is 0 Å². The van der Waals surface area contributed by atoms with Crippen LogP contribution in [-0.4, -0.2) is 105 Å². The number of carbonyl (C=O) groups is 4. The zero-order valence-corrected chi connectivity index (χ0v) is 35.5. The second-order valence-electron chi connectivity index (χ2n) is 16.8. The number of alkyl halides is 2. The van der Waals surface area contributed by atoms with Gasteiger partial charge in [-0.05, 0) is 52.9 Å². The van der Waals surface area contributed by atoms with Crippen molar-refractivity contribution in [3.63, 3.8) is 0 Å². The number of rotatable bonds is 10. The number of benzene rings is 3. The van der Waals surface area contributed by atoms with Gasteiger partial charge in [-0.2, -0.15) is 0 Å². The molecule has 16 nitrogen and oxygen atoms in total. The first-order valence-corrected chi connectivity index (χ1v) is 20.8. The van der Waals surface area contributed by atoms with Crippen LogP contribution in [0.5, 0.6) is 0 Å². The second-order valence-corrected chi connectivity index (χ2v) is 16.8. The molecule has 3 aromatic carbocycles. The number of imidazole rings is 2. The average molecular weight is 867 g/mol. The molecule has 4 N–H and O–H groups in total. The molecule has 0 unspecified atom stereocenters. The van der Waals surface area contributed by atoms with E-state index < -0.39 is 60.5 Å². The van der Waals surface area contributed by atoms with E-state index in [1.54, 1.807) is 64.4 Å². The minimum atomic E-state index is -1.30. The second kappa shape index (κ2) is 17.1. The molecule has 18 heteroatoms. The summed E-state index contributed by atoms with van der Waals surface area (Å²) in [5, 5.41) is 7.23. The minimum absolute atomic E-state index is 0.0154. The van der Waals surface area contributed by atoms with E-state index in [9.17, 15) is 32.8 Å². The number of amides is 4. The van der Waals surface area contributed by atoms with Crippen LogP contribution >= 0.6 is 0 Å². The van der Waals surface area contributed by atoms with Crippen LogP contribution < -0.4 is 16.1 Å². The molecule has 0 spiro atoms. The zero-order valence-electron chi connectivity index (χ0n) is 35.5. The summed E-state index contributed by atoms with van der Waals surface area (Å²) in [6, 6.07) is 11.1. The standard InChI is InChI=1S/C45H48F2N8O8/c1-21(2)37(52-44(59)61-5)42(57)54-19-26(46)15-32(54)40-48-17-30(50-40)24-7-10-28-23(13-24)8-12-35-36(28)39(56)29-14-25(9-11-34(29)63-35)31-18-49-41(51-31)33-16-27(47)20-55(33)43(58)38(22(3)4)53-45(60)62-6/h7-14,17-18,21-22,26-27,32-33,37-38H,15-16,19-20H2,1-6H3,(H,48,50)(H,49,51)(H,52,59)(H,53,60)/t26-,27-,32+,33+,37+,38+/m1/s1. The van der Waals surface area contributed by atoms with Gasteiger partial charge in [0, 0.05) is 24.0 Å². The predicted octanol–water partition coefficient (Wildman–Crippen LogP) is 6.86. The molecule has 0 saturated carbocycles. The highest BCUT2D eigenvalue weighted by Crippen LogP contribution is 2.37. The van der Waals surface area contributed by atoms with E-state index in [1.807, 2.05) is 24.3 Å². The Balaban J connectivity index is 1.07. The maximum Gasteiger partial charge on any atom is 0.407 e. The summed E-state index contributed by atoms with van der Waals surface area (Å²) in [5.41, 5.74) is 3.03. The number of methoxy groups -OCH3 is 2. The van der Waals surface area contributed by atoms with E-state index in [1.165, 1.54) is 24.0 Å². The van der Waals surface area contributed by atoms with Gasteiger partial charge >= 0.3 is 12.2 Å². The third-order valence-electron chi connectivity index (χ3n) is 11.9. The normalized spacial score (nSPS) is 19.9. The Labute approximate surface area is 359 Å². The fourth-order valence-electron chi connectivity index (χ4n) is 8.65. The van der Waals surface area contributed by atoms with E-state index in [-0.39, 0.29) is 43.2 Å². The summed E-state index contributed by atoms with van der Waals surface area (Å²) >= 11 is 0. The lowest BCUT2D eigenvalue weighted by Crippen LogP contribution is -2.51. The van der Waals surface area contributed by atoms with Crippen molar-refractivity contribution < 1.29 is 41.8 Å². The van der Waals surface area contributed by atoms with Crippen LogP contribution in [-0.2, 0) is 19.1 Å². The summed E-state index contributed by atoms with van der Waals surface area (Å²) < 4.78 is 45.5. The number of halogens is 2. The van der Waals surface area contributed by atoms with Crippen LogP contribution in [0.1, 0.15) is 64.3 Å². The smallest absolute Gasteiger partial charge is 0.407 e. The number of fused-ring (bicyclic) bond motifs is 4. The van der Waals surface area contributed by atoms with Crippen LogP contribution in [0.4, 0.5) is 18.4 Å². The van der Waals surface area contributed by atoms with Gasteiger partial charge in [0.1, 0.15) is 47.2 Å². The molecule has 4 amide bonds. The zero-order chi connectivity index (χ0) is 44.9. The van der Waals surface area contributed by atoms with Crippen LogP contribution in [0, 0.1) is 11.8 Å². The Morgan fingerprint density at radius 2 is 1.21 bits per heavy atom. The molecule has 5 heterocycles. The highest BCUT2D eigenvalue weighted by atomic mass is 19.1. The molecule has 2 saturated heterocycles. The number of H-pyrrole nitrogens is 2. The SMILES string of the molecule is COC(=O)N[C@H](C(=O)N1C[C@H](F)C[C@H]1c1ncc(-c2ccc3c(ccc4oc5ccc(-c6cnc([C@@H]7C[C@@H](F)CN7C(=O)[C@@H](NC(=O)OC)C(C)C)[nH]6)cc5c(=O)c43)c2)[nH]1)C(C)C. The molecular weight excluding hydrogens is 819 g/mol. The number of carbonyl (C=O) groups excluding carboxylic acids is 4. The quantitative estimate of drug-likeness (QED) is 0.0832. The van der Waals surface area contributed by atoms with Crippen LogP contribution in [0.25, 0.3) is 55.2 Å². The molecular formula is C45H48F2N8O8. The molecule has 2 fully saturated rings. The molecule has 2 aliphatic heterocycles. The molecule has 0 radical (unpaired) electrons. The summed E-state index contributed by atoms with van der Waals surface area (Å²) in [6.07, 6.45) is -0.861. The third-order valence-corrected chi connectivity index (χ3v) is 11.9. The van der Waals surface area contributed by atoms with Crippen LogP contribution in [0.15, 0.2) is 70.1 Å². The Hall–Kier alpha value is -6.85. The maximum absolute atomic E-state index is 14.9. The predicted molar refractivity (Wildman–Crippen MR) is 229 cm³/mol. The number of nitrogens with one attached hydrogen (secondary N) is 4. The number of alkyl carbamates (subject to hydrolysis) is 2.